The van der Waals surface area contributed by atoms with E-state index in [0.29, 0.717) is 13.0 Å². The van der Waals surface area contributed by atoms with Gasteiger partial charge in [0.15, 0.2) is 0 Å². The Labute approximate surface area is 147 Å². The van der Waals surface area contributed by atoms with Gasteiger partial charge in [0.05, 0.1) is 6.54 Å². The van der Waals surface area contributed by atoms with E-state index in [-0.39, 0.29) is 13.2 Å². The molecule has 0 aliphatic carbocycles. The predicted molar refractivity (Wildman–Crippen MR) is 95.1 cm³/mol. The van der Waals surface area contributed by atoms with Crippen LogP contribution in [-0.2, 0) is 27.4 Å². The zero-order valence-corrected chi connectivity index (χ0v) is 14.3. The lowest BCUT2D eigenvalue weighted by atomic mass is 10.1. The summed E-state index contributed by atoms with van der Waals surface area (Å²) < 4.78 is 5.27. The molecule has 0 aromatic heterocycles. The van der Waals surface area contributed by atoms with E-state index in [0.717, 1.165) is 11.1 Å². The van der Waals surface area contributed by atoms with E-state index < -0.39 is 18.0 Å². The summed E-state index contributed by atoms with van der Waals surface area (Å²) in [5.74, 6) is -1.38. The van der Waals surface area contributed by atoms with Crippen LogP contribution in [0.15, 0.2) is 60.7 Å². The lowest BCUT2D eigenvalue weighted by Gasteiger charge is -2.25. The predicted octanol–water partition coefficient (Wildman–Crippen LogP) is 2.75. The number of carbonyl (C=O) groups is 2. The van der Waals surface area contributed by atoms with E-state index in [9.17, 15) is 14.7 Å². The Morgan fingerprint density at radius 2 is 1.56 bits per heavy atom. The van der Waals surface area contributed by atoms with E-state index in [2.05, 4.69) is 0 Å². The van der Waals surface area contributed by atoms with Crippen molar-refractivity contribution in [2.24, 2.45) is 0 Å². The number of benzene rings is 2. The van der Waals surface area contributed by atoms with E-state index >= 15 is 0 Å². The fraction of sp³-hybridized carbons (Fsp3) is 0.300. The zero-order valence-electron chi connectivity index (χ0n) is 14.3. The highest BCUT2D eigenvalue weighted by Crippen LogP contribution is 2.07. The quantitative estimate of drug-likeness (QED) is 0.711. The van der Waals surface area contributed by atoms with Crippen LogP contribution in [0.2, 0.25) is 0 Å². The summed E-state index contributed by atoms with van der Waals surface area (Å²) in [4.78, 5) is 25.1. The summed E-state index contributed by atoms with van der Waals surface area (Å²) in [6, 6.07) is 18.4. The molecule has 1 atom stereocenters. The third-order valence-electron chi connectivity index (χ3n) is 4.01. The fourth-order valence-electron chi connectivity index (χ4n) is 2.43. The minimum atomic E-state index is -0.955. The largest absolute Gasteiger partial charge is 0.480 e. The van der Waals surface area contributed by atoms with Crippen molar-refractivity contribution in [1.29, 1.82) is 0 Å². The molecule has 0 spiro atoms. The number of carboxylic acids is 1. The summed E-state index contributed by atoms with van der Waals surface area (Å²) >= 11 is 0. The zero-order chi connectivity index (χ0) is 18.1. The number of hydrogen-bond acceptors (Lipinski definition) is 4. The molecule has 1 N–H and O–H groups in total. The summed E-state index contributed by atoms with van der Waals surface area (Å²) in [6.45, 7) is 2.19. The van der Waals surface area contributed by atoms with Crippen molar-refractivity contribution < 1.29 is 19.4 Å². The van der Waals surface area contributed by atoms with Crippen LogP contribution in [0, 0.1) is 0 Å². The maximum Gasteiger partial charge on any atom is 0.320 e. The van der Waals surface area contributed by atoms with Crippen LogP contribution < -0.4 is 0 Å². The number of nitrogens with zero attached hydrogens (tertiary/aromatic N) is 1. The fourth-order valence-corrected chi connectivity index (χ4v) is 2.43. The molecule has 0 amide bonds. The van der Waals surface area contributed by atoms with Crippen LogP contribution in [0.25, 0.3) is 0 Å². The van der Waals surface area contributed by atoms with Gasteiger partial charge in [-0.25, -0.2) is 0 Å². The maximum absolute atomic E-state index is 12.1. The first-order valence-electron chi connectivity index (χ1n) is 8.26. The molecule has 5 nitrogen and oxygen atoms in total. The Morgan fingerprint density at radius 3 is 2.12 bits per heavy atom. The molecule has 2 rings (SSSR count). The lowest BCUT2D eigenvalue weighted by molar-refractivity contribution is -0.149. The highest BCUT2D eigenvalue weighted by molar-refractivity contribution is 5.76. The third kappa shape index (κ3) is 6.39. The van der Waals surface area contributed by atoms with Gasteiger partial charge >= 0.3 is 11.9 Å². The Hall–Kier alpha value is -2.66. The summed E-state index contributed by atoms with van der Waals surface area (Å²) in [5, 5.41) is 9.28. The van der Waals surface area contributed by atoms with E-state index in [1.807, 2.05) is 60.7 Å². The molecule has 0 aliphatic rings. The van der Waals surface area contributed by atoms with Gasteiger partial charge in [-0.2, -0.15) is 0 Å². The van der Waals surface area contributed by atoms with Crippen LogP contribution in [0.4, 0.5) is 0 Å². The van der Waals surface area contributed by atoms with Gasteiger partial charge in [0.2, 0.25) is 0 Å². The first-order valence-corrected chi connectivity index (χ1v) is 8.26. The molecule has 25 heavy (non-hydrogen) atoms. The van der Waals surface area contributed by atoms with Crippen molar-refractivity contribution in [1.82, 2.24) is 4.90 Å². The topological polar surface area (TPSA) is 66.8 Å². The van der Waals surface area contributed by atoms with Crippen LogP contribution in [-0.4, -0.2) is 41.1 Å². The molecule has 0 saturated heterocycles. The molecule has 2 aromatic carbocycles. The average Bonchev–Trinajstić information content (AvgIpc) is 2.64. The first-order chi connectivity index (χ1) is 12.1. The SMILES string of the molecule is C[C@H](C(=O)O)N(CCc1ccccc1)CC(=O)OCc1ccccc1. The highest BCUT2D eigenvalue weighted by atomic mass is 16.5. The van der Waals surface area contributed by atoms with Crippen molar-refractivity contribution >= 4 is 11.9 Å². The number of aliphatic carboxylic acids is 1. The second kappa shape index (κ2) is 9.59. The summed E-state index contributed by atoms with van der Waals surface area (Å²) in [5.41, 5.74) is 2.00. The van der Waals surface area contributed by atoms with Gasteiger partial charge < -0.3 is 9.84 Å². The highest BCUT2D eigenvalue weighted by Gasteiger charge is 2.23. The molecular formula is C20H23NO4. The minimum absolute atomic E-state index is 0.0485. The molecule has 0 bridgehead atoms. The van der Waals surface area contributed by atoms with Gasteiger partial charge in [-0.3, -0.25) is 14.5 Å². The number of ether oxygens (including phenoxy) is 1. The number of carbonyl (C=O) groups excluding carboxylic acids is 1. The Kier molecular flexibility index (Phi) is 7.16. The van der Waals surface area contributed by atoms with Crippen LogP contribution in [0.3, 0.4) is 0 Å². The molecule has 5 heteroatoms. The lowest BCUT2D eigenvalue weighted by Crippen LogP contribution is -2.43. The van der Waals surface area contributed by atoms with Crippen molar-refractivity contribution in [3.63, 3.8) is 0 Å². The minimum Gasteiger partial charge on any atom is -0.480 e. The molecule has 0 heterocycles. The van der Waals surface area contributed by atoms with Gasteiger partial charge in [-0.1, -0.05) is 60.7 Å². The van der Waals surface area contributed by atoms with Gasteiger partial charge in [-0.15, -0.1) is 0 Å². The van der Waals surface area contributed by atoms with Crippen molar-refractivity contribution in [3.8, 4) is 0 Å². The third-order valence-corrected chi connectivity index (χ3v) is 4.01. The van der Waals surface area contributed by atoms with Crippen LogP contribution in [0.1, 0.15) is 18.1 Å². The monoisotopic (exact) mass is 341 g/mol. The van der Waals surface area contributed by atoms with Crippen LogP contribution >= 0.6 is 0 Å². The average molecular weight is 341 g/mol. The van der Waals surface area contributed by atoms with E-state index in [1.54, 1.807) is 11.8 Å². The second-order valence-corrected chi connectivity index (χ2v) is 5.87. The normalized spacial score (nSPS) is 11.9. The van der Waals surface area contributed by atoms with Crippen molar-refractivity contribution in [2.45, 2.75) is 26.0 Å². The first kappa shape index (κ1) is 18.7. The summed E-state index contributed by atoms with van der Waals surface area (Å²) in [6.07, 6.45) is 0.671. The van der Waals surface area contributed by atoms with E-state index in [4.69, 9.17) is 4.74 Å². The molecule has 2 aromatic rings. The van der Waals surface area contributed by atoms with Crippen molar-refractivity contribution in [2.75, 3.05) is 13.1 Å². The molecular weight excluding hydrogens is 318 g/mol. The van der Waals surface area contributed by atoms with E-state index in [1.165, 1.54) is 0 Å². The molecule has 0 saturated carbocycles. The molecule has 0 aliphatic heterocycles. The number of rotatable bonds is 9. The number of hydrogen-bond donors (Lipinski definition) is 1. The smallest absolute Gasteiger partial charge is 0.320 e. The Bertz CT molecular complexity index is 673. The molecule has 0 radical (unpaired) electrons. The van der Waals surface area contributed by atoms with Crippen molar-refractivity contribution in [3.05, 3.63) is 71.8 Å². The number of esters is 1. The summed E-state index contributed by atoms with van der Waals surface area (Å²) in [7, 11) is 0. The molecule has 0 unspecified atom stereocenters. The van der Waals surface area contributed by atoms with Gasteiger partial charge in [0, 0.05) is 6.54 Å². The molecule has 132 valence electrons. The van der Waals surface area contributed by atoms with Gasteiger partial charge in [0.25, 0.3) is 0 Å². The van der Waals surface area contributed by atoms with Gasteiger partial charge in [-0.05, 0) is 24.5 Å². The second-order valence-electron chi connectivity index (χ2n) is 5.87. The molecule has 0 fully saturated rings. The van der Waals surface area contributed by atoms with Crippen LogP contribution in [0.5, 0.6) is 0 Å². The standard InChI is InChI=1S/C20H23NO4/c1-16(20(23)24)21(13-12-17-8-4-2-5-9-17)14-19(22)25-15-18-10-6-3-7-11-18/h2-11,16H,12-15H2,1H3,(H,23,24)/t16-/m1/s1. The Balaban J connectivity index is 1.90. The number of carboxylic acid groups (broad SMARTS) is 1. The van der Waals surface area contributed by atoms with Gasteiger partial charge in [0.1, 0.15) is 12.6 Å². The maximum atomic E-state index is 12.1. The Morgan fingerprint density at radius 1 is 1.00 bits per heavy atom.